The molecule has 0 aliphatic carbocycles. The van der Waals surface area contributed by atoms with E-state index in [1.807, 2.05) is 19.1 Å². The lowest BCUT2D eigenvalue weighted by atomic mass is 9.92. The molecule has 0 aromatic carbocycles. The van der Waals surface area contributed by atoms with E-state index in [1.54, 1.807) is 19.4 Å². The van der Waals surface area contributed by atoms with Gasteiger partial charge in [0.2, 0.25) is 6.29 Å². The minimum atomic E-state index is -0.639. The van der Waals surface area contributed by atoms with E-state index in [9.17, 15) is 4.79 Å². The van der Waals surface area contributed by atoms with Crippen molar-refractivity contribution in [1.29, 1.82) is 0 Å². The number of cyclic esters (lactones) is 1. The Morgan fingerprint density at radius 3 is 2.94 bits per heavy atom. The van der Waals surface area contributed by atoms with Gasteiger partial charge >= 0.3 is 6.09 Å². The zero-order valence-electron chi connectivity index (χ0n) is 9.51. The minimum absolute atomic E-state index is 0.391. The molecule has 2 rings (SSSR count). The van der Waals surface area contributed by atoms with E-state index in [0.29, 0.717) is 0 Å². The predicted molar refractivity (Wildman–Crippen MR) is 56.6 cm³/mol. The van der Waals surface area contributed by atoms with Gasteiger partial charge in [-0.05, 0) is 13.0 Å². The summed E-state index contributed by atoms with van der Waals surface area (Å²) < 4.78 is 10.3. The number of rotatable bonds is 2. The number of carbonyl (C=O) groups excluding carboxylic acids is 1. The minimum Gasteiger partial charge on any atom is -0.416 e. The quantitative estimate of drug-likeness (QED) is 0.758. The number of nitrogens with zero attached hydrogens (tertiary/aromatic N) is 2. The first-order valence-corrected chi connectivity index (χ1v) is 4.98. The summed E-state index contributed by atoms with van der Waals surface area (Å²) in [6.07, 6.45) is 2.39. The first-order chi connectivity index (χ1) is 7.60. The Kier molecular flexibility index (Phi) is 2.55. The van der Waals surface area contributed by atoms with Gasteiger partial charge in [0.25, 0.3) is 0 Å². The number of aromatic nitrogens is 1. The largest absolute Gasteiger partial charge is 0.416 e. The third-order valence-corrected chi connectivity index (χ3v) is 3.10. The highest BCUT2D eigenvalue weighted by molar-refractivity contribution is 5.71. The monoisotopic (exact) mass is 222 g/mol. The molecular formula is C11H14N2O3. The Labute approximate surface area is 94.0 Å². The molecule has 0 saturated carbocycles. The van der Waals surface area contributed by atoms with E-state index in [0.717, 1.165) is 5.56 Å². The number of pyridine rings is 1. The summed E-state index contributed by atoms with van der Waals surface area (Å²) in [7, 11) is 3.21. The second-order valence-corrected chi connectivity index (χ2v) is 3.90. The smallest absolute Gasteiger partial charge is 0.412 e. The molecule has 1 amide bonds. The van der Waals surface area contributed by atoms with Crippen LogP contribution in [0.3, 0.4) is 0 Å². The molecule has 1 fully saturated rings. The van der Waals surface area contributed by atoms with Gasteiger partial charge in [0.15, 0.2) is 0 Å². The molecule has 0 bridgehead atoms. The molecule has 2 atom stereocenters. The van der Waals surface area contributed by atoms with E-state index < -0.39 is 17.9 Å². The average molecular weight is 222 g/mol. The summed E-state index contributed by atoms with van der Waals surface area (Å²) >= 11 is 0. The maximum Gasteiger partial charge on any atom is 0.412 e. The van der Waals surface area contributed by atoms with Crippen LogP contribution in [0.2, 0.25) is 0 Å². The first kappa shape index (κ1) is 10.9. The molecule has 16 heavy (non-hydrogen) atoms. The van der Waals surface area contributed by atoms with E-state index in [2.05, 4.69) is 4.98 Å². The molecule has 1 aromatic heterocycles. The first-order valence-electron chi connectivity index (χ1n) is 4.98. The molecule has 5 heteroatoms. The Hall–Kier alpha value is -1.62. The standard InChI is InChI=1S/C11H14N2O3/c1-11(8-5-4-6-12-7-8)9(15-3)16-10(14)13(11)2/h4-7,9H,1-3H3. The van der Waals surface area contributed by atoms with Crippen LogP contribution in [0.5, 0.6) is 0 Å². The van der Waals surface area contributed by atoms with Crippen molar-refractivity contribution in [3.8, 4) is 0 Å². The number of carbonyl (C=O) groups is 1. The van der Waals surface area contributed by atoms with Crippen LogP contribution in [0.15, 0.2) is 24.5 Å². The lowest BCUT2D eigenvalue weighted by Gasteiger charge is -2.32. The number of hydrogen-bond donors (Lipinski definition) is 0. The summed E-state index contributed by atoms with van der Waals surface area (Å²) in [5.74, 6) is 0. The van der Waals surface area contributed by atoms with Gasteiger partial charge in [-0.1, -0.05) is 6.07 Å². The molecule has 1 aliphatic heterocycles. The molecule has 1 aromatic rings. The molecule has 1 aliphatic rings. The zero-order chi connectivity index (χ0) is 11.8. The molecule has 5 nitrogen and oxygen atoms in total. The van der Waals surface area contributed by atoms with Gasteiger partial charge in [0.05, 0.1) is 0 Å². The van der Waals surface area contributed by atoms with Crippen LogP contribution in [-0.4, -0.2) is 36.4 Å². The van der Waals surface area contributed by atoms with Crippen LogP contribution in [-0.2, 0) is 15.0 Å². The molecule has 2 unspecified atom stereocenters. The fraction of sp³-hybridized carbons (Fsp3) is 0.455. The Morgan fingerprint density at radius 1 is 1.62 bits per heavy atom. The fourth-order valence-electron chi connectivity index (χ4n) is 1.90. The highest BCUT2D eigenvalue weighted by Gasteiger charge is 2.51. The predicted octanol–water partition coefficient (Wildman–Crippen LogP) is 1.35. The van der Waals surface area contributed by atoms with Gasteiger partial charge in [-0.3, -0.25) is 9.88 Å². The highest BCUT2D eigenvalue weighted by Crippen LogP contribution is 2.38. The normalized spacial score (nSPS) is 29.3. The van der Waals surface area contributed by atoms with Crippen molar-refractivity contribution in [3.63, 3.8) is 0 Å². The second kappa shape index (κ2) is 3.75. The van der Waals surface area contributed by atoms with Crippen molar-refractivity contribution in [2.45, 2.75) is 18.8 Å². The molecule has 2 heterocycles. The summed E-state index contributed by atoms with van der Waals surface area (Å²) in [5, 5.41) is 0. The summed E-state index contributed by atoms with van der Waals surface area (Å²) in [6, 6.07) is 3.72. The van der Waals surface area contributed by atoms with Crippen LogP contribution < -0.4 is 0 Å². The van der Waals surface area contributed by atoms with Crippen molar-refractivity contribution in [2.24, 2.45) is 0 Å². The van der Waals surface area contributed by atoms with Crippen LogP contribution in [0.4, 0.5) is 4.79 Å². The van der Waals surface area contributed by atoms with Crippen LogP contribution >= 0.6 is 0 Å². The zero-order valence-corrected chi connectivity index (χ0v) is 9.51. The lowest BCUT2D eigenvalue weighted by molar-refractivity contribution is -0.102. The Bertz CT molecular complexity index is 395. The summed E-state index contributed by atoms with van der Waals surface area (Å²) in [6.45, 7) is 1.89. The van der Waals surface area contributed by atoms with Crippen LogP contribution in [0, 0.1) is 0 Å². The van der Waals surface area contributed by atoms with Gasteiger partial charge in [-0.25, -0.2) is 4.79 Å². The Balaban J connectivity index is 2.46. The van der Waals surface area contributed by atoms with Crippen molar-refractivity contribution < 1.29 is 14.3 Å². The molecule has 0 N–H and O–H groups in total. The van der Waals surface area contributed by atoms with Gasteiger partial charge < -0.3 is 9.47 Å². The molecule has 1 saturated heterocycles. The van der Waals surface area contributed by atoms with Gasteiger partial charge in [-0.2, -0.15) is 0 Å². The van der Waals surface area contributed by atoms with Crippen molar-refractivity contribution in [2.75, 3.05) is 14.2 Å². The third-order valence-electron chi connectivity index (χ3n) is 3.10. The van der Waals surface area contributed by atoms with Gasteiger partial charge in [-0.15, -0.1) is 0 Å². The third kappa shape index (κ3) is 1.36. The van der Waals surface area contributed by atoms with Crippen LogP contribution in [0.25, 0.3) is 0 Å². The van der Waals surface area contributed by atoms with Gasteiger partial charge in [0, 0.05) is 32.1 Å². The molecule has 86 valence electrons. The average Bonchev–Trinajstić information content (AvgIpc) is 2.55. The molecule has 0 spiro atoms. The highest BCUT2D eigenvalue weighted by atomic mass is 16.7. The SMILES string of the molecule is COC1OC(=O)N(C)C1(C)c1cccnc1. The summed E-state index contributed by atoms with van der Waals surface area (Å²) in [5.41, 5.74) is 0.246. The van der Waals surface area contributed by atoms with Crippen molar-refractivity contribution in [3.05, 3.63) is 30.1 Å². The topological polar surface area (TPSA) is 51.7 Å². The second-order valence-electron chi connectivity index (χ2n) is 3.90. The van der Waals surface area contributed by atoms with Crippen molar-refractivity contribution >= 4 is 6.09 Å². The maximum absolute atomic E-state index is 11.5. The number of ether oxygens (including phenoxy) is 2. The number of methoxy groups -OCH3 is 1. The fourth-order valence-corrected chi connectivity index (χ4v) is 1.90. The lowest BCUT2D eigenvalue weighted by Crippen LogP contribution is -2.44. The Morgan fingerprint density at radius 2 is 2.38 bits per heavy atom. The maximum atomic E-state index is 11.5. The van der Waals surface area contributed by atoms with E-state index in [-0.39, 0.29) is 0 Å². The summed E-state index contributed by atoms with van der Waals surface area (Å²) in [4.78, 5) is 17.1. The number of hydrogen-bond acceptors (Lipinski definition) is 4. The van der Waals surface area contributed by atoms with E-state index in [4.69, 9.17) is 9.47 Å². The molecular weight excluding hydrogens is 208 g/mol. The van der Waals surface area contributed by atoms with E-state index in [1.165, 1.54) is 12.0 Å². The van der Waals surface area contributed by atoms with Crippen molar-refractivity contribution in [1.82, 2.24) is 9.88 Å². The number of likely N-dealkylation sites (N-methyl/N-ethyl adjacent to an activating group) is 1. The molecule has 0 radical (unpaired) electrons. The van der Waals surface area contributed by atoms with Gasteiger partial charge in [0.1, 0.15) is 5.54 Å². The van der Waals surface area contributed by atoms with Crippen LogP contribution in [0.1, 0.15) is 12.5 Å². The van der Waals surface area contributed by atoms with E-state index >= 15 is 0 Å². The number of amides is 1.